The monoisotopic (exact) mass is 434 g/mol. The number of hydrogen-bond acceptors (Lipinski definition) is 5. The molecule has 2 heterocycles. The van der Waals surface area contributed by atoms with E-state index in [1.54, 1.807) is 0 Å². The maximum absolute atomic E-state index is 12.4. The number of thioether (sulfide) groups is 1. The molecule has 0 unspecified atom stereocenters. The molecule has 2 aromatic rings. The molecular weight excluding hydrogens is 408 g/mol. The van der Waals surface area contributed by atoms with Crippen LogP contribution in [0.5, 0.6) is 0 Å². The number of carbonyl (C=O) groups is 2. The Balaban J connectivity index is 1.29. The third-order valence-corrected chi connectivity index (χ3v) is 6.80. The largest absolute Gasteiger partial charge is 0.351 e. The molecule has 7 heteroatoms. The molecule has 4 rings (SSSR count). The first kappa shape index (κ1) is 21.4. The van der Waals surface area contributed by atoms with Gasteiger partial charge in [-0.3, -0.25) is 9.59 Å². The molecule has 2 amide bonds. The number of hydrogen-bond donors (Lipinski definition) is 1. The van der Waals surface area contributed by atoms with Crippen molar-refractivity contribution in [1.29, 1.82) is 5.26 Å². The standard InChI is InChI=1S/C24H26N4O2S/c25-14-20-13-19-5-1-2-6-21(19)27-23(20)31-16-22(29)26-15-17-7-9-18(10-8-17)24(30)28-11-3-4-12-28/h7-10,13H,1-6,11-12,15-16H2,(H,26,29). The van der Waals surface area contributed by atoms with Crippen LogP contribution in [0, 0.1) is 11.3 Å². The number of nitrogens with zero attached hydrogens (tertiary/aromatic N) is 3. The molecule has 0 atom stereocenters. The van der Waals surface area contributed by atoms with Crippen molar-refractivity contribution >= 4 is 23.6 Å². The van der Waals surface area contributed by atoms with Gasteiger partial charge in [-0.05, 0) is 67.9 Å². The molecule has 31 heavy (non-hydrogen) atoms. The minimum atomic E-state index is -0.106. The topological polar surface area (TPSA) is 86.1 Å². The van der Waals surface area contributed by atoms with Crippen LogP contribution >= 0.6 is 11.8 Å². The van der Waals surface area contributed by atoms with Gasteiger partial charge in [0, 0.05) is 30.9 Å². The summed E-state index contributed by atoms with van der Waals surface area (Å²) in [5.41, 5.74) is 4.42. The Kier molecular flexibility index (Phi) is 6.88. The van der Waals surface area contributed by atoms with E-state index in [0.29, 0.717) is 22.7 Å². The highest BCUT2D eigenvalue weighted by Gasteiger charge is 2.19. The molecule has 1 aliphatic heterocycles. The van der Waals surface area contributed by atoms with Crippen molar-refractivity contribution in [1.82, 2.24) is 15.2 Å². The fraction of sp³-hybridized carbons (Fsp3) is 0.417. The Labute approximate surface area is 187 Å². The highest BCUT2D eigenvalue weighted by atomic mass is 32.2. The van der Waals surface area contributed by atoms with Crippen molar-refractivity contribution in [2.45, 2.75) is 50.1 Å². The van der Waals surface area contributed by atoms with Crippen LogP contribution in [-0.2, 0) is 24.2 Å². The number of amides is 2. The van der Waals surface area contributed by atoms with Gasteiger partial charge in [0.05, 0.1) is 11.3 Å². The number of aromatic nitrogens is 1. The summed E-state index contributed by atoms with van der Waals surface area (Å²) in [5, 5.41) is 13.0. The quantitative estimate of drug-likeness (QED) is 0.704. The molecule has 2 aliphatic rings. The second kappa shape index (κ2) is 9.97. The normalized spacial score (nSPS) is 15.3. The Hall–Kier alpha value is -2.85. The van der Waals surface area contributed by atoms with Gasteiger partial charge in [-0.2, -0.15) is 5.26 Å². The van der Waals surface area contributed by atoms with E-state index >= 15 is 0 Å². The first-order valence-corrected chi connectivity index (χ1v) is 11.8. The number of carbonyl (C=O) groups excluding carboxylic acids is 2. The average molecular weight is 435 g/mol. The Morgan fingerprint density at radius 3 is 2.58 bits per heavy atom. The first-order chi connectivity index (χ1) is 15.1. The minimum Gasteiger partial charge on any atom is -0.351 e. The van der Waals surface area contributed by atoms with Gasteiger partial charge in [0.15, 0.2) is 0 Å². The van der Waals surface area contributed by atoms with Crippen LogP contribution < -0.4 is 5.32 Å². The molecule has 1 aromatic heterocycles. The second-order valence-corrected chi connectivity index (χ2v) is 8.99. The van der Waals surface area contributed by atoms with E-state index in [4.69, 9.17) is 0 Å². The van der Waals surface area contributed by atoms with E-state index in [2.05, 4.69) is 16.4 Å². The van der Waals surface area contributed by atoms with E-state index in [9.17, 15) is 14.9 Å². The van der Waals surface area contributed by atoms with E-state index in [0.717, 1.165) is 62.9 Å². The van der Waals surface area contributed by atoms with Crippen molar-refractivity contribution in [3.8, 4) is 6.07 Å². The molecule has 1 aliphatic carbocycles. The van der Waals surface area contributed by atoms with Crippen LogP contribution in [0.2, 0.25) is 0 Å². The van der Waals surface area contributed by atoms with Gasteiger partial charge in [-0.15, -0.1) is 0 Å². The van der Waals surface area contributed by atoms with Gasteiger partial charge in [0.2, 0.25) is 5.91 Å². The lowest BCUT2D eigenvalue weighted by Crippen LogP contribution is -2.27. The van der Waals surface area contributed by atoms with Gasteiger partial charge < -0.3 is 10.2 Å². The van der Waals surface area contributed by atoms with Gasteiger partial charge in [0.25, 0.3) is 5.91 Å². The van der Waals surface area contributed by atoms with E-state index < -0.39 is 0 Å². The highest BCUT2D eigenvalue weighted by Crippen LogP contribution is 2.27. The molecule has 0 saturated carbocycles. The molecule has 1 aromatic carbocycles. The number of benzene rings is 1. The molecule has 6 nitrogen and oxygen atoms in total. The maximum atomic E-state index is 12.4. The summed E-state index contributed by atoms with van der Waals surface area (Å²) < 4.78 is 0. The zero-order chi connectivity index (χ0) is 21.6. The van der Waals surface area contributed by atoms with Crippen molar-refractivity contribution in [2.75, 3.05) is 18.8 Å². The van der Waals surface area contributed by atoms with Crippen LogP contribution in [0.3, 0.4) is 0 Å². The molecular formula is C24H26N4O2S. The number of likely N-dealkylation sites (tertiary alicyclic amines) is 1. The van der Waals surface area contributed by atoms with E-state index in [-0.39, 0.29) is 17.6 Å². The summed E-state index contributed by atoms with van der Waals surface area (Å²) in [6.45, 7) is 2.07. The minimum absolute atomic E-state index is 0.0790. The molecule has 1 saturated heterocycles. The molecule has 0 radical (unpaired) electrons. The number of pyridine rings is 1. The maximum Gasteiger partial charge on any atom is 0.253 e. The zero-order valence-corrected chi connectivity index (χ0v) is 18.3. The highest BCUT2D eigenvalue weighted by molar-refractivity contribution is 8.00. The average Bonchev–Trinajstić information content (AvgIpc) is 3.35. The van der Waals surface area contributed by atoms with Crippen LogP contribution in [-0.4, -0.2) is 40.5 Å². The van der Waals surface area contributed by atoms with Gasteiger partial charge in [-0.25, -0.2) is 4.98 Å². The lowest BCUT2D eigenvalue weighted by Gasteiger charge is -2.16. The first-order valence-electron chi connectivity index (χ1n) is 10.8. The van der Waals surface area contributed by atoms with Crippen molar-refractivity contribution in [3.05, 3.63) is 58.3 Å². The summed E-state index contributed by atoms with van der Waals surface area (Å²) in [6, 6.07) is 11.6. The summed E-state index contributed by atoms with van der Waals surface area (Å²) in [4.78, 5) is 31.3. The zero-order valence-electron chi connectivity index (χ0n) is 17.5. The SMILES string of the molecule is N#Cc1cc2c(nc1SCC(=O)NCc1ccc(C(=O)N3CCCC3)cc1)CCCC2. The fourth-order valence-electron chi connectivity index (χ4n) is 4.06. The van der Waals surface area contributed by atoms with Crippen molar-refractivity contribution in [2.24, 2.45) is 0 Å². The van der Waals surface area contributed by atoms with Gasteiger partial charge in [-0.1, -0.05) is 23.9 Å². The molecule has 0 bridgehead atoms. The van der Waals surface area contributed by atoms with Crippen molar-refractivity contribution in [3.63, 3.8) is 0 Å². The molecule has 1 fully saturated rings. The van der Waals surface area contributed by atoms with Crippen LogP contribution in [0.15, 0.2) is 35.4 Å². The molecule has 1 N–H and O–H groups in total. The van der Waals surface area contributed by atoms with Crippen LogP contribution in [0.25, 0.3) is 0 Å². The number of fused-ring (bicyclic) bond motifs is 1. The predicted molar refractivity (Wildman–Crippen MR) is 120 cm³/mol. The Morgan fingerprint density at radius 2 is 1.84 bits per heavy atom. The lowest BCUT2D eigenvalue weighted by molar-refractivity contribution is -0.118. The van der Waals surface area contributed by atoms with Gasteiger partial charge >= 0.3 is 0 Å². The Bertz CT molecular complexity index is 1010. The van der Waals surface area contributed by atoms with Gasteiger partial charge in [0.1, 0.15) is 11.1 Å². The fourth-order valence-corrected chi connectivity index (χ4v) is 4.86. The predicted octanol–water partition coefficient (Wildman–Crippen LogP) is 3.48. The smallest absolute Gasteiger partial charge is 0.253 e. The number of nitriles is 1. The molecule has 160 valence electrons. The number of rotatable bonds is 6. The summed E-state index contributed by atoms with van der Waals surface area (Å²) in [5.74, 6) is 0.187. The summed E-state index contributed by atoms with van der Waals surface area (Å²) >= 11 is 1.31. The number of nitrogens with one attached hydrogen (secondary N) is 1. The Morgan fingerprint density at radius 1 is 1.10 bits per heavy atom. The van der Waals surface area contributed by atoms with E-state index in [1.807, 2.05) is 35.2 Å². The third kappa shape index (κ3) is 5.26. The van der Waals surface area contributed by atoms with Crippen LogP contribution in [0.1, 0.15) is 58.4 Å². The molecule has 0 spiro atoms. The van der Waals surface area contributed by atoms with Crippen LogP contribution in [0.4, 0.5) is 0 Å². The van der Waals surface area contributed by atoms with E-state index in [1.165, 1.54) is 17.3 Å². The third-order valence-electron chi connectivity index (χ3n) is 5.81. The summed E-state index contributed by atoms with van der Waals surface area (Å²) in [7, 11) is 0. The lowest BCUT2D eigenvalue weighted by atomic mass is 9.95. The second-order valence-electron chi connectivity index (χ2n) is 8.03. The summed E-state index contributed by atoms with van der Waals surface area (Å²) in [6.07, 6.45) is 6.33. The number of aryl methyl sites for hydroxylation is 2. The van der Waals surface area contributed by atoms with Crippen molar-refractivity contribution < 1.29 is 9.59 Å².